The molecule has 90 valence electrons. The van der Waals surface area contributed by atoms with Crippen LogP contribution in [0.2, 0.25) is 0 Å². The summed E-state index contributed by atoms with van der Waals surface area (Å²) < 4.78 is 0. The Labute approximate surface area is 96.2 Å². The topological polar surface area (TPSA) is 3.24 Å². The van der Waals surface area contributed by atoms with Crippen molar-refractivity contribution < 1.29 is 0 Å². The van der Waals surface area contributed by atoms with Crippen LogP contribution in [0.5, 0.6) is 0 Å². The lowest BCUT2D eigenvalue weighted by Gasteiger charge is -2.48. The zero-order chi connectivity index (χ0) is 11.5. The van der Waals surface area contributed by atoms with Crippen LogP contribution in [0.25, 0.3) is 0 Å². The van der Waals surface area contributed by atoms with Gasteiger partial charge < -0.3 is 4.90 Å². The zero-order valence-corrected chi connectivity index (χ0v) is 11.3. The number of hydrogen-bond acceptors (Lipinski definition) is 1. The van der Waals surface area contributed by atoms with E-state index in [1.165, 1.54) is 38.6 Å². The minimum Gasteiger partial charge on any atom is -0.304 e. The van der Waals surface area contributed by atoms with E-state index in [0.29, 0.717) is 6.04 Å². The normalized spacial score (nSPS) is 21.0. The van der Waals surface area contributed by atoms with Crippen LogP contribution in [0, 0.1) is 11.3 Å². The Bertz CT molecular complexity index is 174. The van der Waals surface area contributed by atoms with Crippen molar-refractivity contribution in [2.75, 3.05) is 13.6 Å². The Kier molecular flexibility index (Phi) is 4.64. The molecule has 0 radical (unpaired) electrons. The van der Waals surface area contributed by atoms with Crippen LogP contribution in [-0.4, -0.2) is 24.5 Å². The number of nitrogens with zero attached hydrogens (tertiary/aromatic N) is 1. The van der Waals surface area contributed by atoms with Crippen LogP contribution in [0.3, 0.4) is 0 Å². The lowest BCUT2D eigenvalue weighted by atomic mass is 9.58. The highest BCUT2D eigenvalue weighted by atomic mass is 15.1. The summed E-state index contributed by atoms with van der Waals surface area (Å²) >= 11 is 0. The minimum absolute atomic E-state index is 0.701. The van der Waals surface area contributed by atoms with E-state index >= 15 is 0 Å². The molecular weight excluding hydrogens is 182 g/mol. The standard InChI is InChI=1S/C14H29N/c1-6-14(7-2)10-13(11-14)8-9-15(5)12(3)4/h12-13H,6-11H2,1-5H3. The van der Waals surface area contributed by atoms with Crippen LogP contribution in [0.1, 0.15) is 59.8 Å². The molecule has 0 aromatic carbocycles. The van der Waals surface area contributed by atoms with Crippen LogP contribution < -0.4 is 0 Å². The van der Waals surface area contributed by atoms with Gasteiger partial charge in [0.05, 0.1) is 0 Å². The summed E-state index contributed by atoms with van der Waals surface area (Å²) in [7, 11) is 2.25. The summed E-state index contributed by atoms with van der Waals surface area (Å²) in [5.74, 6) is 1.02. The van der Waals surface area contributed by atoms with Crippen LogP contribution in [0.15, 0.2) is 0 Å². The van der Waals surface area contributed by atoms with Crippen molar-refractivity contribution in [1.29, 1.82) is 0 Å². The van der Waals surface area contributed by atoms with Crippen molar-refractivity contribution in [2.24, 2.45) is 11.3 Å². The van der Waals surface area contributed by atoms with Gasteiger partial charge in [0.25, 0.3) is 0 Å². The molecular formula is C14H29N. The van der Waals surface area contributed by atoms with Crippen molar-refractivity contribution in [3.63, 3.8) is 0 Å². The molecule has 0 atom stereocenters. The SMILES string of the molecule is CCC1(CC)CC(CCN(C)C(C)C)C1. The fourth-order valence-electron chi connectivity index (χ4n) is 2.84. The molecule has 1 saturated carbocycles. The molecule has 0 amide bonds. The second-order valence-corrected chi connectivity index (χ2v) is 5.84. The Morgan fingerprint density at radius 2 is 1.73 bits per heavy atom. The average molecular weight is 211 g/mol. The first-order chi connectivity index (χ1) is 7.03. The van der Waals surface area contributed by atoms with Gasteiger partial charge in [-0.05, 0) is 58.0 Å². The van der Waals surface area contributed by atoms with Gasteiger partial charge in [-0.2, -0.15) is 0 Å². The molecule has 0 unspecified atom stereocenters. The molecule has 0 spiro atoms. The van der Waals surface area contributed by atoms with Gasteiger partial charge in [0, 0.05) is 6.04 Å². The van der Waals surface area contributed by atoms with Gasteiger partial charge >= 0.3 is 0 Å². The highest BCUT2D eigenvalue weighted by Gasteiger charge is 2.40. The Morgan fingerprint density at radius 1 is 1.20 bits per heavy atom. The highest BCUT2D eigenvalue weighted by molar-refractivity contribution is 4.91. The third-order valence-electron chi connectivity index (χ3n) is 4.71. The average Bonchev–Trinajstić information content (AvgIpc) is 2.16. The molecule has 1 fully saturated rings. The van der Waals surface area contributed by atoms with E-state index in [1.807, 2.05) is 0 Å². The van der Waals surface area contributed by atoms with Gasteiger partial charge in [0.15, 0.2) is 0 Å². The van der Waals surface area contributed by atoms with E-state index < -0.39 is 0 Å². The second kappa shape index (κ2) is 5.34. The molecule has 1 rings (SSSR count). The largest absolute Gasteiger partial charge is 0.304 e. The molecule has 0 aliphatic heterocycles. The first-order valence-electron chi connectivity index (χ1n) is 6.73. The molecule has 15 heavy (non-hydrogen) atoms. The van der Waals surface area contributed by atoms with Gasteiger partial charge in [0.1, 0.15) is 0 Å². The van der Waals surface area contributed by atoms with E-state index in [1.54, 1.807) is 0 Å². The summed E-state index contributed by atoms with van der Waals surface area (Å²) in [6.07, 6.45) is 7.17. The number of hydrogen-bond donors (Lipinski definition) is 0. The summed E-state index contributed by atoms with van der Waals surface area (Å²) in [5.41, 5.74) is 0.737. The Balaban J connectivity index is 2.17. The summed E-state index contributed by atoms with van der Waals surface area (Å²) in [4.78, 5) is 2.47. The molecule has 0 saturated heterocycles. The predicted octanol–water partition coefficient (Wildman–Crippen LogP) is 3.93. The van der Waals surface area contributed by atoms with Gasteiger partial charge in [-0.25, -0.2) is 0 Å². The molecule has 0 bridgehead atoms. The van der Waals surface area contributed by atoms with Gasteiger partial charge in [-0.1, -0.05) is 26.7 Å². The predicted molar refractivity (Wildman–Crippen MR) is 68.1 cm³/mol. The van der Waals surface area contributed by atoms with Gasteiger partial charge in [0.2, 0.25) is 0 Å². The smallest absolute Gasteiger partial charge is 0.00355 e. The fraction of sp³-hybridized carbons (Fsp3) is 1.00. The van der Waals surface area contributed by atoms with Gasteiger partial charge in [-0.3, -0.25) is 0 Å². The summed E-state index contributed by atoms with van der Waals surface area (Å²) in [6, 6.07) is 0.701. The number of rotatable bonds is 6. The van der Waals surface area contributed by atoms with E-state index in [4.69, 9.17) is 0 Å². The summed E-state index contributed by atoms with van der Waals surface area (Å²) in [5, 5.41) is 0. The molecule has 1 aliphatic rings. The van der Waals surface area contributed by atoms with Crippen molar-refractivity contribution >= 4 is 0 Å². The molecule has 0 heterocycles. The second-order valence-electron chi connectivity index (χ2n) is 5.84. The monoisotopic (exact) mass is 211 g/mol. The molecule has 0 aromatic rings. The third kappa shape index (κ3) is 3.21. The molecule has 1 aliphatic carbocycles. The maximum atomic E-state index is 2.47. The molecule has 1 heteroatoms. The van der Waals surface area contributed by atoms with Crippen molar-refractivity contribution in [1.82, 2.24) is 4.90 Å². The van der Waals surface area contributed by atoms with Gasteiger partial charge in [-0.15, -0.1) is 0 Å². The van der Waals surface area contributed by atoms with E-state index in [9.17, 15) is 0 Å². The maximum Gasteiger partial charge on any atom is 0.00355 e. The quantitative estimate of drug-likeness (QED) is 0.643. The highest BCUT2D eigenvalue weighted by Crippen LogP contribution is 2.51. The van der Waals surface area contributed by atoms with Crippen LogP contribution >= 0.6 is 0 Å². The van der Waals surface area contributed by atoms with E-state index in [0.717, 1.165) is 11.3 Å². The van der Waals surface area contributed by atoms with E-state index in [-0.39, 0.29) is 0 Å². The lowest BCUT2D eigenvalue weighted by Crippen LogP contribution is -2.38. The van der Waals surface area contributed by atoms with Crippen molar-refractivity contribution in [3.05, 3.63) is 0 Å². The molecule has 0 N–H and O–H groups in total. The lowest BCUT2D eigenvalue weighted by molar-refractivity contribution is 0.0339. The molecule has 1 nitrogen and oxygen atoms in total. The summed E-state index contributed by atoms with van der Waals surface area (Å²) in [6.45, 7) is 10.6. The van der Waals surface area contributed by atoms with Crippen LogP contribution in [0.4, 0.5) is 0 Å². The zero-order valence-electron chi connectivity index (χ0n) is 11.3. The van der Waals surface area contributed by atoms with E-state index in [2.05, 4.69) is 39.6 Å². The first-order valence-corrected chi connectivity index (χ1v) is 6.73. The van der Waals surface area contributed by atoms with Crippen molar-refractivity contribution in [3.8, 4) is 0 Å². The fourth-order valence-corrected chi connectivity index (χ4v) is 2.84. The molecule has 0 aromatic heterocycles. The third-order valence-corrected chi connectivity index (χ3v) is 4.71. The first kappa shape index (κ1) is 13.0. The van der Waals surface area contributed by atoms with Crippen molar-refractivity contribution in [2.45, 2.75) is 65.8 Å². The van der Waals surface area contributed by atoms with Crippen LogP contribution in [-0.2, 0) is 0 Å². The maximum absolute atomic E-state index is 2.47. The Hall–Kier alpha value is -0.0400. The Morgan fingerprint density at radius 3 is 2.13 bits per heavy atom. The minimum atomic E-state index is 0.701.